The van der Waals surface area contributed by atoms with Gasteiger partial charge in [-0.2, -0.15) is 0 Å². The highest BCUT2D eigenvalue weighted by atomic mass is 19.1. The van der Waals surface area contributed by atoms with Crippen LogP contribution in [0, 0.1) is 17.7 Å². The first-order valence-electron chi connectivity index (χ1n) is 11.5. The van der Waals surface area contributed by atoms with Crippen LogP contribution in [-0.4, -0.2) is 45.5 Å². The van der Waals surface area contributed by atoms with E-state index in [1.54, 1.807) is 43.5 Å². The van der Waals surface area contributed by atoms with Crippen molar-refractivity contribution >= 4 is 29.1 Å². The summed E-state index contributed by atoms with van der Waals surface area (Å²) in [4.78, 5) is 46.6. The van der Waals surface area contributed by atoms with Gasteiger partial charge in [-0.25, -0.2) is 4.39 Å². The summed E-state index contributed by atoms with van der Waals surface area (Å²) < 4.78 is 20.7. The van der Waals surface area contributed by atoms with Gasteiger partial charge in [-0.05, 0) is 52.0 Å². The van der Waals surface area contributed by atoms with E-state index in [1.807, 2.05) is 20.8 Å². The van der Waals surface area contributed by atoms with Crippen molar-refractivity contribution in [2.45, 2.75) is 50.5 Å². The minimum atomic E-state index is -1.37. The van der Waals surface area contributed by atoms with Crippen LogP contribution in [0.3, 0.4) is 0 Å². The van der Waals surface area contributed by atoms with E-state index in [-0.39, 0.29) is 5.69 Å². The predicted molar refractivity (Wildman–Crippen MR) is 127 cm³/mol. The number of nitrogens with one attached hydrogen (secondary N) is 2. The molecule has 0 saturated carbocycles. The summed E-state index contributed by atoms with van der Waals surface area (Å²) in [5.74, 6) is -3.93. The van der Waals surface area contributed by atoms with Gasteiger partial charge >= 0.3 is 0 Å². The zero-order chi connectivity index (χ0) is 25.2. The molecule has 0 aliphatic carbocycles. The monoisotopic (exact) mass is 478 g/mol. The first-order chi connectivity index (χ1) is 16.5. The number of rotatable bonds is 4. The minimum absolute atomic E-state index is 0.0125. The molecule has 0 unspecified atom stereocenters. The SMILES string of the molecule is CC(C)(C)NC(=O)[C@@H]1N(c2cccnc2)C(=O)[C@@H]2[C@@H](C(=O)Nc3ccccc3F)[C@@]3(C)C=C[C@]21O3. The number of hydrogen-bond donors (Lipinski definition) is 2. The predicted octanol–water partition coefficient (Wildman–Crippen LogP) is 2.82. The molecule has 2 fully saturated rings. The molecule has 0 radical (unpaired) electrons. The van der Waals surface area contributed by atoms with Gasteiger partial charge in [-0.1, -0.05) is 24.3 Å². The minimum Gasteiger partial charge on any atom is -0.356 e. The lowest BCUT2D eigenvalue weighted by Gasteiger charge is -2.34. The van der Waals surface area contributed by atoms with Gasteiger partial charge in [0.25, 0.3) is 0 Å². The number of pyridine rings is 1. The Bertz CT molecular complexity index is 1240. The lowest BCUT2D eigenvalue weighted by molar-refractivity contribution is -0.131. The molecule has 1 aromatic heterocycles. The zero-order valence-electron chi connectivity index (χ0n) is 19.9. The number of halogens is 1. The molecule has 2 aromatic rings. The van der Waals surface area contributed by atoms with Crippen LogP contribution in [0.15, 0.2) is 60.9 Å². The number of ether oxygens (including phenoxy) is 1. The number of aromatic nitrogens is 1. The Morgan fingerprint density at radius 3 is 2.51 bits per heavy atom. The van der Waals surface area contributed by atoms with Crippen molar-refractivity contribution in [1.29, 1.82) is 0 Å². The summed E-state index contributed by atoms with van der Waals surface area (Å²) in [6.45, 7) is 7.25. The summed E-state index contributed by atoms with van der Waals surface area (Å²) in [6, 6.07) is 8.12. The van der Waals surface area contributed by atoms with Crippen LogP contribution in [-0.2, 0) is 19.1 Å². The van der Waals surface area contributed by atoms with E-state index in [1.165, 1.54) is 29.3 Å². The number of nitrogens with zero attached hydrogens (tertiary/aromatic N) is 2. The maximum atomic E-state index is 14.3. The number of anilines is 2. The van der Waals surface area contributed by atoms with Gasteiger partial charge < -0.3 is 15.4 Å². The summed E-state index contributed by atoms with van der Waals surface area (Å²) in [7, 11) is 0. The third-order valence-electron chi connectivity index (χ3n) is 6.78. The highest BCUT2D eigenvalue weighted by molar-refractivity contribution is 6.11. The van der Waals surface area contributed by atoms with Crippen molar-refractivity contribution in [3.05, 3.63) is 66.8 Å². The van der Waals surface area contributed by atoms with E-state index in [2.05, 4.69) is 15.6 Å². The van der Waals surface area contributed by atoms with Crippen molar-refractivity contribution in [1.82, 2.24) is 10.3 Å². The van der Waals surface area contributed by atoms with E-state index in [9.17, 15) is 18.8 Å². The fraction of sp³-hybridized carbons (Fsp3) is 0.385. The maximum absolute atomic E-state index is 14.3. The topological polar surface area (TPSA) is 101 Å². The van der Waals surface area contributed by atoms with Gasteiger partial charge in [0.1, 0.15) is 17.5 Å². The number of carbonyl (C=O) groups excluding carboxylic acids is 3. The second-order valence-corrected chi connectivity index (χ2v) is 10.5. The third kappa shape index (κ3) is 3.53. The zero-order valence-corrected chi connectivity index (χ0v) is 19.9. The normalized spacial score (nSPS) is 30.9. The molecule has 3 aliphatic rings. The number of fused-ring (bicyclic) bond motifs is 1. The smallest absolute Gasteiger partial charge is 0.246 e. The summed E-state index contributed by atoms with van der Waals surface area (Å²) in [5, 5.41) is 5.58. The van der Waals surface area contributed by atoms with Crippen LogP contribution in [0.5, 0.6) is 0 Å². The van der Waals surface area contributed by atoms with E-state index in [0.717, 1.165) is 0 Å². The molecular weight excluding hydrogens is 451 g/mol. The van der Waals surface area contributed by atoms with Crippen molar-refractivity contribution < 1.29 is 23.5 Å². The van der Waals surface area contributed by atoms with Gasteiger partial charge in [-0.3, -0.25) is 24.3 Å². The van der Waals surface area contributed by atoms with E-state index in [0.29, 0.717) is 5.69 Å². The molecule has 9 heteroatoms. The molecular formula is C26H27FN4O4. The standard InChI is InChI=1S/C26H27FN4O4/c1-24(2,3)30-22(33)20-26-12-11-25(4,35-26)18(21(32)29-17-10-6-5-9-16(17)27)19(26)23(34)31(20)15-8-7-13-28-14-15/h5-14,18-20H,1-4H3,(H,29,32)(H,30,33)/t18-,19-,20-,25+,26-/m0/s1. The lowest BCUT2D eigenvalue weighted by atomic mass is 9.70. The highest BCUT2D eigenvalue weighted by Gasteiger charge is 2.76. The molecule has 2 N–H and O–H groups in total. The second kappa shape index (κ2) is 7.71. The van der Waals surface area contributed by atoms with Gasteiger partial charge in [-0.15, -0.1) is 0 Å². The average molecular weight is 479 g/mol. The van der Waals surface area contributed by atoms with Crippen molar-refractivity contribution in [3.8, 4) is 0 Å². The molecule has 1 spiro atoms. The molecule has 182 valence electrons. The number of para-hydroxylation sites is 1. The van der Waals surface area contributed by atoms with Crippen molar-refractivity contribution in [2.75, 3.05) is 10.2 Å². The Hall–Kier alpha value is -3.59. The molecule has 5 rings (SSSR count). The molecule has 8 nitrogen and oxygen atoms in total. The van der Waals surface area contributed by atoms with Crippen molar-refractivity contribution in [3.63, 3.8) is 0 Å². The van der Waals surface area contributed by atoms with Crippen LogP contribution in [0.25, 0.3) is 0 Å². The number of hydrogen-bond acceptors (Lipinski definition) is 5. The van der Waals surface area contributed by atoms with Gasteiger partial charge in [0.2, 0.25) is 17.7 Å². The summed E-state index contributed by atoms with van der Waals surface area (Å²) >= 11 is 0. The van der Waals surface area contributed by atoms with Gasteiger partial charge in [0.15, 0.2) is 0 Å². The molecule has 3 aliphatic heterocycles. The molecule has 4 heterocycles. The van der Waals surface area contributed by atoms with Crippen LogP contribution >= 0.6 is 0 Å². The number of benzene rings is 1. The molecule has 2 bridgehead atoms. The Morgan fingerprint density at radius 1 is 1.11 bits per heavy atom. The molecule has 35 heavy (non-hydrogen) atoms. The summed E-state index contributed by atoms with van der Waals surface area (Å²) in [5.41, 5.74) is -2.64. The van der Waals surface area contributed by atoms with E-state index >= 15 is 0 Å². The van der Waals surface area contributed by atoms with Crippen LogP contribution in [0.4, 0.5) is 15.8 Å². The Morgan fingerprint density at radius 2 is 1.86 bits per heavy atom. The fourth-order valence-corrected chi connectivity index (χ4v) is 5.52. The largest absolute Gasteiger partial charge is 0.356 e. The lowest BCUT2D eigenvalue weighted by Crippen LogP contribution is -2.58. The Kier molecular flexibility index (Phi) is 5.10. The molecule has 5 atom stereocenters. The first-order valence-corrected chi connectivity index (χ1v) is 11.5. The fourth-order valence-electron chi connectivity index (χ4n) is 5.52. The second-order valence-electron chi connectivity index (χ2n) is 10.5. The third-order valence-corrected chi connectivity index (χ3v) is 6.78. The van der Waals surface area contributed by atoms with E-state index < -0.39 is 58.2 Å². The summed E-state index contributed by atoms with van der Waals surface area (Å²) in [6.07, 6.45) is 6.53. The molecule has 1 aromatic carbocycles. The van der Waals surface area contributed by atoms with Crippen LogP contribution in [0.1, 0.15) is 27.7 Å². The Labute approximate surface area is 202 Å². The maximum Gasteiger partial charge on any atom is 0.246 e. The quantitative estimate of drug-likeness (QED) is 0.659. The van der Waals surface area contributed by atoms with Crippen LogP contribution in [0.2, 0.25) is 0 Å². The first kappa shape index (κ1) is 23.2. The van der Waals surface area contributed by atoms with Crippen LogP contribution < -0.4 is 15.5 Å². The van der Waals surface area contributed by atoms with Crippen molar-refractivity contribution in [2.24, 2.45) is 11.8 Å². The van der Waals surface area contributed by atoms with Gasteiger partial charge in [0.05, 0.1) is 35.0 Å². The van der Waals surface area contributed by atoms with Gasteiger partial charge in [0, 0.05) is 11.7 Å². The highest BCUT2D eigenvalue weighted by Crippen LogP contribution is 2.60. The van der Waals surface area contributed by atoms with E-state index in [4.69, 9.17) is 4.74 Å². The molecule has 3 amide bonds. The molecule has 2 saturated heterocycles. The number of amides is 3. The Balaban J connectivity index is 1.59. The number of carbonyl (C=O) groups is 3. The average Bonchev–Trinajstić information content (AvgIpc) is 3.35.